The van der Waals surface area contributed by atoms with Crippen molar-refractivity contribution < 1.29 is 0 Å². The van der Waals surface area contributed by atoms with Gasteiger partial charge in [0.2, 0.25) is 0 Å². The zero-order valence-corrected chi connectivity index (χ0v) is 11.6. The Hall–Kier alpha value is 0.620. The van der Waals surface area contributed by atoms with Crippen molar-refractivity contribution >= 4 is 23.5 Å². The lowest BCUT2D eigenvalue weighted by atomic mass is 10.4. The quantitative estimate of drug-likeness (QED) is 0.690. The molecule has 1 N–H and O–H groups in total. The second-order valence-corrected chi connectivity index (χ2v) is 6.36. The minimum atomic E-state index is 0.848. The lowest BCUT2D eigenvalue weighted by molar-refractivity contribution is 0.303. The molecule has 2 nitrogen and oxygen atoms in total. The Labute approximate surface area is 103 Å². The minimum absolute atomic E-state index is 0.848. The standard InChI is InChI=1S/C11H24N2S2/c1-3-13(4-2)6-5-12-9-11-10-14-7-8-15-11/h11-12H,3-10H2,1-2H3. The van der Waals surface area contributed by atoms with Crippen LogP contribution in [-0.2, 0) is 0 Å². The van der Waals surface area contributed by atoms with Gasteiger partial charge in [0, 0.05) is 42.1 Å². The van der Waals surface area contributed by atoms with Gasteiger partial charge in [0.25, 0.3) is 0 Å². The molecule has 0 aromatic rings. The van der Waals surface area contributed by atoms with Crippen LogP contribution in [0.4, 0.5) is 0 Å². The van der Waals surface area contributed by atoms with Gasteiger partial charge in [-0.3, -0.25) is 0 Å². The van der Waals surface area contributed by atoms with E-state index in [-0.39, 0.29) is 0 Å². The maximum atomic E-state index is 3.58. The molecule has 0 bridgehead atoms. The molecule has 1 fully saturated rings. The van der Waals surface area contributed by atoms with E-state index in [0.29, 0.717) is 0 Å². The summed E-state index contributed by atoms with van der Waals surface area (Å²) in [5, 5.41) is 4.43. The highest BCUT2D eigenvalue weighted by Crippen LogP contribution is 2.23. The number of rotatable bonds is 7. The van der Waals surface area contributed by atoms with Crippen LogP contribution in [0.25, 0.3) is 0 Å². The number of nitrogens with zero attached hydrogens (tertiary/aromatic N) is 1. The monoisotopic (exact) mass is 248 g/mol. The summed E-state index contributed by atoms with van der Waals surface area (Å²) >= 11 is 4.24. The summed E-state index contributed by atoms with van der Waals surface area (Å²) in [6.45, 7) is 10.3. The predicted octanol–water partition coefficient (Wildman–Crippen LogP) is 1.77. The number of thioether (sulfide) groups is 2. The molecule has 0 radical (unpaired) electrons. The SMILES string of the molecule is CCN(CC)CCNCC1CSCCS1. The first-order valence-corrected chi connectivity index (χ1v) is 8.19. The summed E-state index contributed by atoms with van der Waals surface area (Å²) in [4.78, 5) is 2.47. The molecule has 0 spiro atoms. The van der Waals surface area contributed by atoms with Gasteiger partial charge < -0.3 is 10.2 Å². The molecule has 4 heteroatoms. The first-order chi connectivity index (χ1) is 7.36. The molecule has 90 valence electrons. The maximum Gasteiger partial charge on any atom is 0.0263 e. The van der Waals surface area contributed by atoms with Crippen LogP contribution < -0.4 is 5.32 Å². The molecule has 0 saturated carbocycles. The van der Waals surface area contributed by atoms with E-state index in [0.717, 1.165) is 11.8 Å². The highest BCUT2D eigenvalue weighted by Gasteiger charge is 2.13. The van der Waals surface area contributed by atoms with Crippen LogP contribution in [-0.4, -0.2) is 60.1 Å². The second kappa shape index (κ2) is 8.74. The average Bonchev–Trinajstić information content (AvgIpc) is 2.31. The number of hydrogen-bond acceptors (Lipinski definition) is 4. The van der Waals surface area contributed by atoms with Crippen LogP contribution in [0.1, 0.15) is 13.8 Å². The van der Waals surface area contributed by atoms with Crippen molar-refractivity contribution in [1.29, 1.82) is 0 Å². The Kier molecular flexibility index (Phi) is 7.97. The van der Waals surface area contributed by atoms with Gasteiger partial charge in [-0.1, -0.05) is 13.8 Å². The maximum absolute atomic E-state index is 3.58. The average molecular weight is 248 g/mol. The highest BCUT2D eigenvalue weighted by atomic mass is 32.2. The summed E-state index contributed by atoms with van der Waals surface area (Å²) in [5.41, 5.74) is 0. The molecule has 15 heavy (non-hydrogen) atoms. The molecule has 1 heterocycles. The summed E-state index contributed by atoms with van der Waals surface area (Å²) in [5.74, 6) is 4.02. The van der Waals surface area contributed by atoms with Gasteiger partial charge in [0.1, 0.15) is 0 Å². The Morgan fingerprint density at radius 3 is 2.67 bits per heavy atom. The lowest BCUT2D eigenvalue weighted by Crippen LogP contribution is -2.36. The normalized spacial score (nSPS) is 22.2. The molecule has 0 amide bonds. The van der Waals surface area contributed by atoms with Crippen molar-refractivity contribution in [2.45, 2.75) is 19.1 Å². The summed E-state index contributed by atoms with van der Waals surface area (Å²) < 4.78 is 0. The predicted molar refractivity (Wildman–Crippen MR) is 74.2 cm³/mol. The molecule has 0 aliphatic carbocycles. The topological polar surface area (TPSA) is 15.3 Å². The third-order valence-electron chi connectivity index (χ3n) is 2.76. The molecule has 1 unspecified atom stereocenters. The fourth-order valence-electron chi connectivity index (χ4n) is 1.69. The fourth-order valence-corrected chi connectivity index (χ4v) is 4.34. The van der Waals surface area contributed by atoms with Crippen molar-refractivity contribution in [2.24, 2.45) is 0 Å². The van der Waals surface area contributed by atoms with Crippen LogP contribution in [0.15, 0.2) is 0 Å². The first-order valence-electron chi connectivity index (χ1n) is 5.99. The summed E-state index contributed by atoms with van der Waals surface area (Å²) in [6.07, 6.45) is 0. The zero-order valence-electron chi connectivity index (χ0n) is 10.00. The Bertz CT molecular complexity index is 146. The highest BCUT2D eigenvalue weighted by molar-refractivity contribution is 8.06. The van der Waals surface area contributed by atoms with Gasteiger partial charge in [-0.25, -0.2) is 0 Å². The Balaban J connectivity index is 1.95. The number of nitrogens with one attached hydrogen (secondary N) is 1. The summed E-state index contributed by atoms with van der Waals surface area (Å²) in [7, 11) is 0. The molecule has 0 aromatic carbocycles. The molecule has 1 aliphatic heterocycles. The van der Waals surface area contributed by atoms with Crippen LogP contribution in [0.2, 0.25) is 0 Å². The molecule has 1 rings (SSSR count). The van der Waals surface area contributed by atoms with E-state index in [1.54, 1.807) is 0 Å². The van der Waals surface area contributed by atoms with E-state index in [4.69, 9.17) is 0 Å². The molecular formula is C11H24N2S2. The van der Waals surface area contributed by atoms with E-state index in [1.165, 1.54) is 43.4 Å². The van der Waals surface area contributed by atoms with Crippen LogP contribution in [0.3, 0.4) is 0 Å². The van der Waals surface area contributed by atoms with E-state index in [9.17, 15) is 0 Å². The first kappa shape index (κ1) is 13.7. The van der Waals surface area contributed by atoms with Crippen LogP contribution in [0.5, 0.6) is 0 Å². The van der Waals surface area contributed by atoms with Crippen molar-refractivity contribution in [3.05, 3.63) is 0 Å². The molecule has 0 aromatic heterocycles. The Morgan fingerprint density at radius 1 is 1.27 bits per heavy atom. The molecular weight excluding hydrogens is 224 g/mol. The zero-order chi connectivity index (χ0) is 10.9. The second-order valence-electron chi connectivity index (χ2n) is 3.80. The van der Waals surface area contributed by atoms with Gasteiger partial charge >= 0.3 is 0 Å². The minimum Gasteiger partial charge on any atom is -0.314 e. The van der Waals surface area contributed by atoms with Crippen molar-refractivity contribution in [3.8, 4) is 0 Å². The molecule has 1 aliphatic rings. The third kappa shape index (κ3) is 6.05. The fraction of sp³-hybridized carbons (Fsp3) is 1.00. The van der Waals surface area contributed by atoms with Gasteiger partial charge in [-0.05, 0) is 13.1 Å². The Morgan fingerprint density at radius 2 is 2.07 bits per heavy atom. The molecule has 1 atom stereocenters. The van der Waals surface area contributed by atoms with Gasteiger partial charge in [0.15, 0.2) is 0 Å². The van der Waals surface area contributed by atoms with E-state index in [2.05, 4.69) is 47.6 Å². The largest absolute Gasteiger partial charge is 0.314 e. The van der Waals surface area contributed by atoms with Gasteiger partial charge in [0.05, 0.1) is 0 Å². The van der Waals surface area contributed by atoms with E-state index >= 15 is 0 Å². The number of likely N-dealkylation sites (N-methyl/N-ethyl adjacent to an activating group) is 1. The van der Waals surface area contributed by atoms with Gasteiger partial charge in [-0.15, -0.1) is 0 Å². The van der Waals surface area contributed by atoms with Crippen molar-refractivity contribution in [3.63, 3.8) is 0 Å². The van der Waals surface area contributed by atoms with Crippen LogP contribution >= 0.6 is 23.5 Å². The number of hydrogen-bond donors (Lipinski definition) is 1. The van der Waals surface area contributed by atoms with E-state index < -0.39 is 0 Å². The third-order valence-corrected chi connectivity index (χ3v) is 5.60. The smallest absolute Gasteiger partial charge is 0.0263 e. The van der Waals surface area contributed by atoms with Crippen LogP contribution in [0, 0.1) is 0 Å². The van der Waals surface area contributed by atoms with E-state index in [1.807, 2.05) is 0 Å². The summed E-state index contributed by atoms with van der Waals surface area (Å²) in [6, 6.07) is 0. The molecule has 1 saturated heterocycles. The van der Waals surface area contributed by atoms with Crippen molar-refractivity contribution in [1.82, 2.24) is 10.2 Å². The van der Waals surface area contributed by atoms with Crippen molar-refractivity contribution in [2.75, 3.05) is 50.0 Å². The van der Waals surface area contributed by atoms with Gasteiger partial charge in [-0.2, -0.15) is 23.5 Å². The lowest BCUT2D eigenvalue weighted by Gasteiger charge is -2.22.